The van der Waals surface area contributed by atoms with Crippen molar-refractivity contribution in [3.05, 3.63) is 40.3 Å². The number of aromatic nitrogens is 1. The molecule has 1 aromatic heterocycles. The molecule has 0 spiro atoms. The molecule has 0 atom stereocenters. The Kier molecular flexibility index (Phi) is 4.01. The number of thiazole rings is 1. The summed E-state index contributed by atoms with van der Waals surface area (Å²) < 4.78 is 5.11. The highest BCUT2D eigenvalue weighted by Crippen LogP contribution is 2.21. The lowest BCUT2D eigenvalue weighted by atomic mass is 10.1. The molecule has 19 heavy (non-hydrogen) atoms. The van der Waals surface area contributed by atoms with Crippen molar-refractivity contribution in [2.75, 3.05) is 19.9 Å². The van der Waals surface area contributed by atoms with Crippen molar-refractivity contribution in [3.63, 3.8) is 0 Å². The maximum atomic E-state index is 12.3. The molecule has 2 rings (SSSR count). The summed E-state index contributed by atoms with van der Waals surface area (Å²) in [6, 6.07) is 5.05. The van der Waals surface area contributed by atoms with Gasteiger partial charge in [-0.3, -0.25) is 4.79 Å². The monoisotopic (exact) mass is 277 g/mol. The van der Waals surface area contributed by atoms with E-state index in [9.17, 15) is 4.79 Å². The molecule has 0 saturated carbocycles. The number of rotatable bonds is 4. The van der Waals surface area contributed by atoms with E-state index in [-0.39, 0.29) is 5.91 Å². The zero-order valence-electron chi connectivity index (χ0n) is 10.8. The number of carbonyl (C=O) groups is 1. The zero-order valence-corrected chi connectivity index (χ0v) is 11.6. The minimum absolute atomic E-state index is 0.149. The van der Waals surface area contributed by atoms with Crippen LogP contribution in [0.15, 0.2) is 29.1 Å². The molecule has 1 amide bonds. The molecule has 100 valence electrons. The van der Waals surface area contributed by atoms with Gasteiger partial charge in [0.15, 0.2) is 0 Å². The van der Waals surface area contributed by atoms with E-state index in [0.29, 0.717) is 23.5 Å². The van der Waals surface area contributed by atoms with Gasteiger partial charge < -0.3 is 15.4 Å². The first-order valence-corrected chi connectivity index (χ1v) is 6.62. The highest BCUT2D eigenvalue weighted by molar-refractivity contribution is 7.07. The molecule has 0 aliphatic carbocycles. The van der Waals surface area contributed by atoms with Crippen molar-refractivity contribution in [1.29, 1.82) is 0 Å². The van der Waals surface area contributed by atoms with Crippen LogP contribution in [0.25, 0.3) is 0 Å². The van der Waals surface area contributed by atoms with E-state index in [1.807, 2.05) is 5.38 Å². The molecule has 0 unspecified atom stereocenters. The summed E-state index contributed by atoms with van der Waals surface area (Å²) >= 11 is 1.50. The second-order valence-corrected chi connectivity index (χ2v) is 4.81. The van der Waals surface area contributed by atoms with Crippen LogP contribution in [-0.4, -0.2) is 29.9 Å². The van der Waals surface area contributed by atoms with Gasteiger partial charge in [-0.2, -0.15) is 0 Å². The Morgan fingerprint density at radius 1 is 1.53 bits per heavy atom. The number of anilines is 1. The van der Waals surface area contributed by atoms with Gasteiger partial charge in [-0.25, -0.2) is 4.98 Å². The largest absolute Gasteiger partial charge is 0.497 e. The Labute approximate surface area is 115 Å². The molecule has 0 radical (unpaired) electrons. The molecule has 0 aliphatic rings. The van der Waals surface area contributed by atoms with Gasteiger partial charge in [0.1, 0.15) is 5.75 Å². The third-order valence-electron chi connectivity index (χ3n) is 2.72. The van der Waals surface area contributed by atoms with Crippen molar-refractivity contribution < 1.29 is 9.53 Å². The minimum atomic E-state index is -0.149. The van der Waals surface area contributed by atoms with E-state index in [1.54, 1.807) is 42.8 Å². The van der Waals surface area contributed by atoms with Crippen LogP contribution < -0.4 is 10.5 Å². The number of amides is 1. The average Bonchev–Trinajstić information content (AvgIpc) is 2.91. The Hall–Kier alpha value is -2.08. The summed E-state index contributed by atoms with van der Waals surface area (Å²) in [6.45, 7) is 0.457. The molecule has 5 nitrogen and oxygen atoms in total. The molecule has 2 aromatic rings. The van der Waals surface area contributed by atoms with E-state index in [2.05, 4.69) is 4.98 Å². The summed E-state index contributed by atoms with van der Waals surface area (Å²) in [6.07, 6.45) is 0. The molecule has 0 saturated heterocycles. The number of nitrogens with zero attached hydrogens (tertiary/aromatic N) is 2. The van der Waals surface area contributed by atoms with Crippen LogP contribution in [0.1, 0.15) is 16.1 Å². The van der Waals surface area contributed by atoms with Crippen molar-refractivity contribution in [2.45, 2.75) is 6.54 Å². The second kappa shape index (κ2) is 5.71. The molecule has 0 bridgehead atoms. The summed E-state index contributed by atoms with van der Waals surface area (Å²) in [4.78, 5) is 18.1. The zero-order chi connectivity index (χ0) is 13.8. The van der Waals surface area contributed by atoms with Gasteiger partial charge >= 0.3 is 0 Å². The van der Waals surface area contributed by atoms with Crippen molar-refractivity contribution in [3.8, 4) is 5.75 Å². The Bertz CT molecular complexity index is 569. The topological polar surface area (TPSA) is 68.5 Å². The lowest BCUT2D eigenvalue weighted by molar-refractivity contribution is 0.0784. The second-order valence-electron chi connectivity index (χ2n) is 4.09. The van der Waals surface area contributed by atoms with Gasteiger partial charge in [-0.1, -0.05) is 0 Å². The summed E-state index contributed by atoms with van der Waals surface area (Å²) in [5.41, 5.74) is 9.33. The number of carbonyl (C=O) groups excluding carboxylic acids is 1. The van der Waals surface area contributed by atoms with E-state index in [4.69, 9.17) is 10.5 Å². The van der Waals surface area contributed by atoms with E-state index < -0.39 is 0 Å². The first-order valence-electron chi connectivity index (χ1n) is 5.68. The molecule has 1 heterocycles. The van der Waals surface area contributed by atoms with Gasteiger partial charge in [0, 0.05) is 18.1 Å². The molecular formula is C13H15N3O2S. The number of ether oxygens (including phenoxy) is 1. The standard InChI is InChI=1S/C13H15N3O2S/c1-16(6-9-7-19-8-15-9)13(17)11-5-10(18-2)3-4-12(11)14/h3-5,7-8H,6,14H2,1-2H3. The Morgan fingerprint density at radius 2 is 2.32 bits per heavy atom. The van der Waals surface area contributed by atoms with Crippen LogP contribution in [0.4, 0.5) is 5.69 Å². The Balaban J connectivity index is 2.18. The number of nitrogen functional groups attached to an aromatic ring is 1. The first-order chi connectivity index (χ1) is 9.11. The van der Waals surface area contributed by atoms with E-state index in [0.717, 1.165) is 5.69 Å². The van der Waals surface area contributed by atoms with Crippen LogP contribution in [0, 0.1) is 0 Å². The lowest BCUT2D eigenvalue weighted by Crippen LogP contribution is -2.27. The normalized spacial score (nSPS) is 10.2. The van der Waals surface area contributed by atoms with Gasteiger partial charge in [-0.15, -0.1) is 11.3 Å². The van der Waals surface area contributed by atoms with Crippen molar-refractivity contribution in [1.82, 2.24) is 9.88 Å². The lowest BCUT2D eigenvalue weighted by Gasteiger charge is -2.17. The molecular weight excluding hydrogens is 262 g/mol. The summed E-state index contributed by atoms with van der Waals surface area (Å²) in [7, 11) is 3.28. The van der Waals surface area contributed by atoms with Gasteiger partial charge in [0.05, 0.1) is 30.4 Å². The Morgan fingerprint density at radius 3 is 2.95 bits per heavy atom. The maximum absolute atomic E-state index is 12.3. The quantitative estimate of drug-likeness (QED) is 0.868. The highest BCUT2D eigenvalue weighted by atomic mass is 32.1. The smallest absolute Gasteiger partial charge is 0.256 e. The first kappa shape index (κ1) is 13.4. The predicted octanol–water partition coefficient (Wildman–Crippen LogP) is 2.01. The fourth-order valence-electron chi connectivity index (χ4n) is 1.68. The maximum Gasteiger partial charge on any atom is 0.256 e. The van der Waals surface area contributed by atoms with Gasteiger partial charge in [0.2, 0.25) is 0 Å². The SMILES string of the molecule is COc1ccc(N)c(C(=O)N(C)Cc2cscn2)c1. The highest BCUT2D eigenvalue weighted by Gasteiger charge is 2.16. The molecule has 0 fully saturated rings. The summed E-state index contributed by atoms with van der Waals surface area (Å²) in [5, 5.41) is 1.92. The predicted molar refractivity (Wildman–Crippen MR) is 75.3 cm³/mol. The molecule has 1 aromatic carbocycles. The number of hydrogen-bond acceptors (Lipinski definition) is 5. The van der Waals surface area contributed by atoms with Crippen LogP contribution in [0.2, 0.25) is 0 Å². The fraction of sp³-hybridized carbons (Fsp3) is 0.231. The molecule has 6 heteroatoms. The van der Waals surface area contributed by atoms with Crippen LogP contribution >= 0.6 is 11.3 Å². The van der Waals surface area contributed by atoms with Crippen LogP contribution in [0.3, 0.4) is 0 Å². The van der Waals surface area contributed by atoms with Crippen molar-refractivity contribution >= 4 is 22.9 Å². The number of hydrogen-bond donors (Lipinski definition) is 1. The number of benzene rings is 1. The van der Waals surface area contributed by atoms with Crippen LogP contribution in [-0.2, 0) is 6.54 Å². The van der Waals surface area contributed by atoms with Gasteiger partial charge in [-0.05, 0) is 18.2 Å². The van der Waals surface area contributed by atoms with Gasteiger partial charge in [0.25, 0.3) is 5.91 Å². The molecule has 0 aliphatic heterocycles. The van der Waals surface area contributed by atoms with Crippen molar-refractivity contribution in [2.24, 2.45) is 0 Å². The third-order valence-corrected chi connectivity index (χ3v) is 3.36. The minimum Gasteiger partial charge on any atom is -0.497 e. The van der Waals surface area contributed by atoms with E-state index >= 15 is 0 Å². The number of nitrogens with two attached hydrogens (primary N) is 1. The average molecular weight is 277 g/mol. The molecule has 2 N–H and O–H groups in total. The van der Waals surface area contributed by atoms with Crippen LogP contribution in [0.5, 0.6) is 5.75 Å². The number of methoxy groups -OCH3 is 1. The summed E-state index contributed by atoms with van der Waals surface area (Å²) in [5.74, 6) is 0.462. The fourth-order valence-corrected chi connectivity index (χ4v) is 2.23. The third kappa shape index (κ3) is 3.03. The van der Waals surface area contributed by atoms with E-state index in [1.165, 1.54) is 11.3 Å².